The maximum absolute atomic E-state index is 3.64. The average Bonchev–Trinajstić information content (AvgIpc) is 2.66. The molecular weight excluding hydrogens is 202 g/mol. The Labute approximate surface area is 96.7 Å². The van der Waals surface area contributed by atoms with Crippen molar-refractivity contribution in [2.24, 2.45) is 0 Å². The van der Waals surface area contributed by atoms with Crippen molar-refractivity contribution >= 4 is 11.8 Å². The summed E-state index contributed by atoms with van der Waals surface area (Å²) >= 11 is 2.09. The molecule has 1 N–H and O–H groups in total. The highest BCUT2D eigenvalue weighted by molar-refractivity contribution is 8.00. The van der Waals surface area contributed by atoms with Crippen molar-refractivity contribution < 1.29 is 0 Å². The van der Waals surface area contributed by atoms with E-state index >= 15 is 0 Å². The zero-order chi connectivity index (χ0) is 10.5. The van der Waals surface area contributed by atoms with Crippen LogP contribution in [-0.4, -0.2) is 23.6 Å². The second-order valence-corrected chi connectivity index (χ2v) is 5.74. The molecule has 2 heteroatoms. The van der Waals surface area contributed by atoms with Crippen molar-refractivity contribution in [1.82, 2.24) is 5.32 Å². The van der Waals surface area contributed by atoms with Crippen LogP contribution in [0.5, 0.6) is 0 Å². The number of hydrogen-bond donors (Lipinski definition) is 1. The standard InChI is InChI=1S/C13H19NS/c1-11-9-13(10-15-11)14-8-7-12-5-3-2-4-6-12/h2-6,11,13-14H,7-10H2,1H3. The molecule has 0 spiro atoms. The van der Waals surface area contributed by atoms with E-state index in [2.05, 4.69) is 54.3 Å². The molecule has 1 aliphatic rings. The van der Waals surface area contributed by atoms with E-state index in [1.54, 1.807) is 0 Å². The molecule has 2 unspecified atom stereocenters. The van der Waals surface area contributed by atoms with Gasteiger partial charge < -0.3 is 5.32 Å². The van der Waals surface area contributed by atoms with Crippen LogP contribution in [0.25, 0.3) is 0 Å². The molecule has 1 aromatic rings. The van der Waals surface area contributed by atoms with Crippen molar-refractivity contribution in [2.45, 2.75) is 31.1 Å². The highest BCUT2D eigenvalue weighted by Crippen LogP contribution is 2.25. The molecule has 0 saturated carbocycles. The van der Waals surface area contributed by atoms with Gasteiger partial charge in [0.15, 0.2) is 0 Å². The molecule has 0 bridgehead atoms. The van der Waals surface area contributed by atoms with E-state index in [1.807, 2.05) is 0 Å². The van der Waals surface area contributed by atoms with Gasteiger partial charge in [-0.15, -0.1) is 0 Å². The molecule has 1 aliphatic heterocycles. The minimum atomic E-state index is 0.744. The first-order valence-electron chi connectivity index (χ1n) is 5.73. The van der Waals surface area contributed by atoms with Gasteiger partial charge in [0.1, 0.15) is 0 Å². The Morgan fingerprint density at radius 2 is 2.13 bits per heavy atom. The summed E-state index contributed by atoms with van der Waals surface area (Å²) in [5.41, 5.74) is 1.43. The van der Waals surface area contributed by atoms with Gasteiger partial charge in [-0.3, -0.25) is 0 Å². The average molecular weight is 221 g/mol. The van der Waals surface area contributed by atoms with Crippen molar-refractivity contribution in [3.05, 3.63) is 35.9 Å². The van der Waals surface area contributed by atoms with Gasteiger partial charge in [-0.25, -0.2) is 0 Å². The van der Waals surface area contributed by atoms with Crippen LogP contribution in [0.2, 0.25) is 0 Å². The third-order valence-corrected chi connectivity index (χ3v) is 4.24. The Kier molecular flexibility index (Phi) is 4.09. The van der Waals surface area contributed by atoms with Crippen LogP contribution in [0.3, 0.4) is 0 Å². The van der Waals surface area contributed by atoms with Gasteiger partial charge in [-0.1, -0.05) is 37.3 Å². The van der Waals surface area contributed by atoms with E-state index in [0.717, 1.165) is 24.3 Å². The van der Waals surface area contributed by atoms with E-state index < -0.39 is 0 Å². The van der Waals surface area contributed by atoms with Crippen LogP contribution in [0, 0.1) is 0 Å². The summed E-state index contributed by atoms with van der Waals surface area (Å²) in [6, 6.07) is 11.5. The lowest BCUT2D eigenvalue weighted by molar-refractivity contribution is 0.542. The Hall–Kier alpha value is -0.470. The monoisotopic (exact) mass is 221 g/mol. The summed E-state index contributed by atoms with van der Waals surface area (Å²) < 4.78 is 0. The van der Waals surface area contributed by atoms with Gasteiger partial charge in [-0.2, -0.15) is 11.8 Å². The van der Waals surface area contributed by atoms with Crippen molar-refractivity contribution in [3.8, 4) is 0 Å². The van der Waals surface area contributed by atoms with Crippen molar-refractivity contribution in [2.75, 3.05) is 12.3 Å². The van der Waals surface area contributed by atoms with E-state index in [-0.39, 0.29) is 0 Å². The molecule has 2 atom stereocenters. The van der Waals surface area contributed by atoms with Crippen molar-refractivity contribution in [3.63, 3.8) is 0 Å². The van der Waals surface area contributed by atoms with E-state index in [9.17, 15) is 0 Å². The topological polar surface area (TPSA) is 12.0 Å². The van der Waals surface area contributed by atoms with E-state index in [1.165, 1.54) is 17.7 Å². The lowest BCUT2D eigenvalue weighted by Gasteiger charge is -2.11. The fourth-order valence-electron chi connectivity index (χ4n) is 2.02. The molecule has 0 radical (unpaired) electrons. The predicted molar refractivity (Wildman–Crippen MR) is 68.5 cm³/mol. The number of nitrogens with one attached hydrogen (secondary N) is 1. The molecule has 1 heterocycles. The van der Waals surface area contributed by atoms with Crippen molar-refractivity contribution in [1.29, 1.82) is 0 Å². The van der Waals surface area contributed by atoms with Gasteiger partial charge in [0.2, 0.25) is 0 Å². The predicted octanol–water partition coefficient (Wildman–Crippen LogP) is 2.71. The summed E-state index contributed by atoms with van der Waals surface area (Å²) in [6.07, 6.45) is 2.48. The molecular formula is C13H19NS. The Bertz CT molecular complexity index is 286. The first-order valence-corrected chi connectivity index (χ1v) is 6.78. The molecule has 1 fully saturated rings. The van der Waals surface area contributed by atoms with E-state index in [0.29, 0.717) is 0 Å². The van der Waals surface area contributed by atoms with E-state index in [4.69, 9.17) is 0 Å². The molecule has 82 valence electrons. The van der Waals surface area contributed by atoms with Crippen LogP contribution in [0.4, 0.5) is 0 Å². The highest BCUT2D eigenvalue weighted by Gasteiger charge is 2.20. The first-order chi connectivity index (χ1) is 7.34. The molecule has 1 aromatic carbocycles. The van der Waals surface area contributed by atoms with Crippen LogP contribution in [0.15, 0.2) is 30.3 Å². The lowest BCUT2D eigenvalue weighted by Crippen LogP contribution is -2.30. The molecule has 0 aliphatic carbocycles. The number of benzene rings is 1. The normalized spacial score (nSPS) is 25.7. The maximum atomic E-state index is 3.64. The molecule has 1 nitrogen and oxygen atoms in total. The quantitative estimate of drug-likeness (QED) is 0.839. The summed E-state index contributed by atoms with van der Waals surface area (Å²) in [7, 11) is 0. The van der Waals surface area contributed by atoms with Crippen LogP contribution < -0.4 is 5.32 Å². The zero-order valence-corrected chi connectivity index (χ0v) is 10.1. The van der Waals surface area contributed by atoms with Gasteiger partial charge in [0.05, 0.1) is 0 Å². The molecule has 0 aromatic heterocycles. The summed E-state index contributed by atoms with van der Waals surface area (Å²) in [4.78, 5) is 0. The third kappa shape index (κ3) is 3.54. The largest absolute Gasteiger partial charge is 0.313 e. The second-order valence-electron chi connectivity index (χ2n) is 4.27. The molecule has 2 rings (SSSR count). The Balaban J connectivity index is 1.67. The smallest absolute Gasteiger partial charge is 0.0168 e. The molecule has 1 saturated heterocycles. The SMILES string of the molecule is CC1CC(NCCc2ccccc2)CS1. The van der Waals surface area contributed by atoms with Crippen LogP contribution in [-0.2, 0) is 6.42 Å². The zero-order valence-electron chi connectivity index (χ0n) is 9.28. The summed E-state index contributed by atoms with van der Waals surface area (Å²) in [5, 5.41) is 4.49. The molecule has 0 amide bonds. The van der Waals surface area contributed by atoms with Crippen LogP contribution >= 0.6 is 11.8 Å². The molecule has 15 heavy (non-hydrogen) atoms. The summed E-state index contributed by atoms with van der Waals surface area (Å²) in [6.45, 7) is 3.44. The van der Waals surface area contributed by atoms with Gasteiger partial charge in [-0.05, 0) is 24.9 Å². The van der Waals surface area contributed by atoms with Gasteiger partial charge in [0, 0.05) is 17.0 Å². The number of thioether (sulfide) groups is 1. The highest BCUT2D eigenvalue weighted by atomic mass is 32.2. The summed E-state index contributed by atoms with van der Waals surface area (Å²) in [5.74, 6) is 1.29. The van der Waals surface area contributed by atoms with Gasteiger partial charge in [0.25, 0.3) is 0 Å². The minimum Gasteiger partial charge on any atom is -0.313 e. The third-order valence-electron chi connectivity index (χ3n) is 2.89. The number of rotatable bonds is 4. The van der Waals surface area contributed by atoms with Gasteiger partial charge >= 0.3 is 0 Å². The lowest BCUT2D eigenvalue weighted by atomic mass is 10.1. The Morgan fingerprint density at radius 1 is 1.33 bits per heavy atom. The fraction of sp³-hybridized carbons (Fsp3) is 0.538. The maximum Gasteiger partial charge on any atom is 0.0168 e. The number of hydrogen-bond acceptors (Lipinski definition) is 2. The first kappa shape index (κ1) is 11.0. The minimum absolute atomic E-state index is 0.744. The fourth-order valence-corrected chi connectivity index (χ4v) is 3.21. The van der Waals surface area contributed by atoms with Crippen LogP contribution in [0.1, 0.15) is 18.9 Å². The second kappa shape index (κ2) is 5.57. The Morgan fingerprint density at radius 3 is 2.80 bits per heavy atom.